The number of hydrogen-bond donors (Lipinski definition) is 1. The molecule has 3 nitrogen and oxygen atoms in total. The molecule has 2 aromatic rings. The molecule has 1 N–H and O–H groups in total. The fraction of sp³-hybridized carbons (Fsp3) is 0.421. The number of benzene rings is 2. The second kappa shape index (κ2) is 7.83. The van der Waals surface area contributed by atoms with Gasteiger partial charge in [0.25, 0.3) is 0 Å². The molecule has 2 rings (SSSR count). The smallest absolute Gasteiger partial charge is 0.411 e. The van der Waals surface area contributed by atoms with E-state index in [1.165, 1.54) is 0 Å². The Kier molecular flexibility index (Phi) is 5.82. The van der Waals surface area contributed by atoms with Crippen molar-refractivity contribution in [3.8, 4) is 0 Å². The number of amides is 1. The summed E-state index contributed by atoms with van der Waals surface area (Å²) < 4.78 is 5.62. The minimum Gasteiger partial charge on any atom is -0.446 e. The van der Waals surface area contributed by atoms with E-state index in [2.05, 4.69) is 26.1 Å². The van der Waals surface area contributed by atoms with Crippen LogP contribution >= 0.6 is 0 Å². The van der Waals surface area contributed by atoms with Gasteiger partial charge in [-0.05, 0) is 23.8 Å². The van der Waals surface area contributed by atoms with Crippen LogP contribution in [0.5, 0.6) is 0 Å². The van der Waals surface area contributed by atoms with E-state index in [1.807, 2.05) is 42.5 Å². The van der Waals surface area contributed by atoms with Gasteiger partial charge in [-0.1, -0.05) is 70.0 Å². The first-order chi connectivity index (χ1) is 10.6. The molecular formula is C19H25NO2. The maximum atomic E-state index is 12.2. The van der Waals surface area contributed by atoms with Crippen LogP contribution in [-0.4, -0.2) is 12.2 Å². The van der Waals surface area contributed by atoms with Crippen LogP contribution in [0.4, 0.5) is 10.5 Å². The van der Waals surface area contributed by atoms with Crippen molar-refractivity contribution in [1.82, 2.24) is 0 Å². The fourth-order valence-electron chi connectivity index (χ4n) is 2.54. The summed E-state index contributed by atoms with van der Waals surface area (Å²) in [6.45, 7) is 6.32. The quantitative estimate of drug-likeness (QED) is 0.753. The standard InChI is InChI=1S/C19H25NO2/c1-4-5-13-18(14(2)3)22-19(21)20-17-12-8-10-15-9-6-7-11-16(15)17/h6-12,14,18H,4-5,13H2,1-3H3,(H,20,21). The van der Waals surface area contributed by atoms with E-state index in [1.54, 1.807) is 0 Å². The van der Waals surface area contributed by atoms with Gasteiger partial charge in [-0.15, -0.1) is 0 Å². The Labute approximate surface area is 132 Å². The Morgan fingerprint density at radius 3 is 2.59 bits per heavy atom. The minimum atomic E-state index is -0.369. The van der Waals surface area contributed by atoms with Crippen molar-refractivity contribution in [3.05, 3.63) is 42.5 Å². The molecule has 1 unspecified atom stereocenters. The van der Waals surface area contributed by atoms with E-state index >= 15 is 0 Å². The van der Waals surface area contributed by atoms with Crippen molar-refractivity contribution in [2.45, 2.75) is 46.1 Å². The molecule has 0 aliphatic carbocycles. The molecule has 0 saturated heterocycles. The molecule has 3 heteroatoms. The summed E-state index contributed by atoms with van der Waals surface area (Å²) in [7, 11) is 0. The van der Waals surface area contributed by atoms with Crippen LogP contribution in [0.2, 0.25) is 0 Å². The van der Waals surface area contributed by atoms with Crippen LogP contribution in [0.15, 0.2) is 42.5 Å². The number of fused-ring (bicyclic) bond motifs is 1. The lowest BCUT2D eigenvalue weighted by molar-refractivity contribution is 0.0750. The van der Waals surface area contributed by atoms with E-state index in [-0.39, 0.29) is 12.2 Å². The maximum absolute atomic E-state index is 12.2. The number of ether oxygens (including phenoxy) is 1. The lowest BCUT2D eigenvalue weighted by atomic mass is 10.0. The molecule has 0 aromatic heterocycles. The van der Waals surface area contributed by atoms with Gasteiger partial charge < -0.3 is 4.74 Å². The summed E-state index contributed by atoms with van der Waals surface area (Å²) in [5.74, 6) is 0.324. The van der Waals surface area contributed by atoms with Crippen molar-refractivity contribution in [1.29, 1.82) is 0 Å². The van der Waals surface area contributed by atoms with Crippen LogP contribution in [0.25, 0.3) is 10.8 Å². The molecule has 22 heavy (non-hydrogen) atoms. The van der Waals surface area contributed by atoms with E-state index < -0.39 is 0 Å². The molecule has 0 aliphatic heterocycles. The maximum Gasteiger partial charge on any atom is 0.411 e. The van der Waals surface area contributed by atoms with Gasteiger partial charge in [-0.3, -0.25) is 5.32 Å². The first-order valence-corrected chi connectivity index (χ1v) is 8.07. The third-order valence-electron chi connectivity index (χ3n) is 3.87. The molecule has 0 spiro atoms. The summed E-state index contributed by atoms with van der Waals surface area (Å²) in [6, 6.07) is 13.9. The third kappa shape index (κ3) is 4.23. The SMILES string of the molecule is CCCCC(OC(=O)Nc1cccc2ccccc12)C(C)C. The van der Waals surface area contributed by atoms with Crippen molar-refractivity contribution in [2.75, 3.05) is 5.32 Å². The van der Waals surface area contributed by atoms with Crippen LogP contribution in [0, 0.1) is 5.92 Å². The van der Waals surface area contributed by atoms with E-state index in [9.17, 15) is 4.79 Å². The highest BCUT2D eigenvalue weighted by Gasteiger charge is 2.18. The summed E-state index contributed by atoms with van der Waals surface area (Å²) in [5, 5.41) is 5.01. The minimum absolute atomic E-state index is 0.0325. The highest BCUT2D eigenvalue weighted by atomic mass is 16.6. The zero-order chi connectivity index (χ0) is 15.9. The fourth-order valence-corrected chi connectivity index (χ4v) is 2.54. The normalized spacial score (nSPS) is 12.4. The topological polar surface area (TPSA) is 38.3 Å². The number of unbranched alkanes of at least 4 members (excludes halogenated alkanes) is 1. The molecule has 1 atom stereocenters. The molecule has 118 valence electrons. The van der Waals surface area contributed by atoms with Crippen molar-refractivity contribution >= 4 is 22.6 Å². The first kappa shape index (κ1) is 16.3. The monoisotopic (exact) mass is 299 g/mol. The number of nitrogens with one attached hydrogen (secondary N) is 1. The number of carbonyl (C=O) groups excluding carboxylic acids is 1. The number of hydrogen-bond acceptors (Lipinski definition) is 2. The number of anilines is 1. The van der Waals surface area contributed by atoms with Gasteiger partial charge in [0.2, 0.25) is 0 Å². The molecular weight excluding hydrogens is 274 g/mol. The van der Waals surface area contributed by atoms with Gasteiger partial charge >= 0.3 is 6.09 Å². The molecule has 1 amide bonds. The predicted octanol–water partition coefficient (Wildman–Crippen LogP) is 5.60. The summed E-state index contributed by atoms with van der Waals surface area (Å²) in [6.07, 6.45) is 2.69. The van der Waals surface area contributed by atoms with Gasteiger partial charge in [0, 0.05) is 5.39 Å². The number of carbonyl (C=O) groups is 1. The van der Waals surface area contributed by atoms with Gasteiger partial charge in [0.15, 0.2) is 0 Å². The van der Waals surface area contributed by atoms with Crippen molar-refractivity contribution < 1.29 is 9.53 Å². The molecule has 0 fully saturated rings. The highest BCUT2D eigenvalue weighted by molar-refractivity contribution is 6.00. The molecule has 2 aromatic carbocycles. The Balaban J connectivity index is 2.07. The Morgan fingerprint density at radius 1 is 1.14 bits per heavy atom. The van der Waals surface area contributed by atoms with Crippen molar-refractivity contribution in [3.63, 3.8) is 0 Å². The van der Waals surface area contributed by atoms with Crippen LogP contribution < -0.4 is 5.32 Å². The number of rotatable bonds is 6. The average Bonchev–Trinajstić information content (AvgIpc) is 2.51. The second-order valence-electron chi connectivity index (χ2n) is 5.98. The Hall–Kier alpha value is -2.03. The van der Waals surface area contributed by atoms with Crippen LogP contribution in [0.3, 0.4) is 0 Å². The first-order valence-electron chi connectivity index (χ1n) is 8.07. The van der Waals surface area contributed by atoms with Gasteiger partial charge in [-0.25, -0.2) is 4.79 Å². The molecule has 0 aliphatic rings. The summed E-state index contributed by atoms with van der Waals surface area (Å²) in [4.78, 5) is 12.2. The second-order valence-corrected chi connectivity index (χ2v) is 5.98. The Morgan fingerprint density at radius 2 is 1.86 bits per heavy atom. The van der Waals surface area contributed by atoms with Crippen molar-refractivity contribution in [2.24, 2.45) is 5.92 Å². The molecule has 0 bridgehead atoms. The van der Waals surface area contributed by atoms with Crippen LogP contribution in [-0.2, 0) is 4.74 Å². The third-order valence-corrected chi connectivity index (χ3v) is 3.87. The van der Waals surface area contributed by atoms with Gasteiger partial charge in [-0.2, -0.15) is 0 Å². The average molecular weight is 299 g/mol. The molecule has 0 heterocycles. The van der Waals surface area contributed by atoms with Gasteiger partial charge in [0.1, 0.15) is 6.10 Å². The highest BCUT2D eigenvalue weighted by Crippen LogP contribution is 2.23. The van der Waals surface area contributed by atoms with E-state index in [4.69, 9.17) is 4.74 Å². The molecule has 0 radical (unpaired) electrons. The zero-order valence-corrected chi connectivity index (χ0v) is 13.6. The van der Waals surface area contributed by atoms with E-state index in [0.717, 1.165) is 35.7 Å². The van der Waals surface area contributed by atoms with Gasteiger partial charge in [0.05, 0.1) is 5.69 Å². The largest absolute Gasteiger partial charge is 0.446 e. The summed E-state index contributed by atoms with van der Waals surface area (Å²) in [5.41, 5.74) is 0.793. The lowest BCUT2D eigenvalue weighted by Gasteiger charge is -2.21. The zero-order valence-electron chi connectivity index (χ0n) is 13.6. The Bertz CT molecular complexity index is 616. The lowest BCUT2D eigenvalue weighted by Crippen LogP contribution is -2.26. The van der Waals surface area contributed by atoms with E-state index in [0.29, 0.717) is 5.92 Å². The summed E-state index contributed by atoms with van der Waals surface area (Å²) >= 11 is 0. The molecule has 0 saturated carbocycles. The van der Waals surface area contributed by atoms with Crippen LogP contribution in [0.1, 0.15) is 40.0 Å². The predicted molar refractivity (Wildman–Crippen MR) is 92.2 cm³/mol.